The molecule has 0 amide bonds. The van der Waals surface area contributed by atoms with Crippen molar-refractivity contribution in [2.45, 2.75) is 33.6 Å². The minimum Gasteiger partial charge on any atom is -0.478 e. The first-order valence-electron chi connectivity index (χ1n) is 6.81. The van der Waals surface area contributed by atoms with Crippen molar-refractivity contribution in [1.82, 2.24) is 0 Å². The van der Waals surface area contributed by atoms with Gasteiger partial charge in [-0.05, 0) is 25.0 Å². The van der Waals surface area contributed by atoms with Gasteiger partial charge in [0.2, 0.25) is 0 Å². The van der Waals surface area contributed by atoms with Crippen molar-refractivity contribution in [2.24, 2.45) is 5.92 Å². The summed E-state index contributed by atoms with van der Waals surface area (Å²) in [6.45, 7) is 7.94. The number of nitrogens with zero attached hydrogens (tertiary/aromatic N) is 1. The van der Waals surface area contributed by atoms with E-state index in [1.165, 1.54) is 0 Å². The number of halogens is 1. The molecule has 106 valence electrons. The van der Waals surface area contributed by atoms with Gasteiger partial charge in [0.25, 0.3) is 0 Å². The monoisotopic (exact) mass is 283 g/mol. The number of carboxylic acids is 1. The third-order valence-electron chi connectivity index (χ3n) is 3.55. The Hall–Kier alpha value is -1.22. The number of carbonyl (C=O) groups is 1. The summed E-state index contributed by atoms with van der Waals surface area (Å²) in [7, 11) is 0. The quantitative estimate of drug-likeness (QED) is 0.811. The first kappa shape index (κ1) is 15.8. The Balaban J connectivity index is 3.13. The number of aromatic carboxylic acids is 1. The fourth-order valence-electron chi connectivity index (χ4n) is 2.25. The van der Waals surface area contributed by atoms with Gasteiger partial charge in [-0.3, -0.25) is 0 Å². The van der Waals surface area contributed by atoms with Crippen LogP contribution in [-0.4, -0.2) is 24.2 Å². The maximum atomic E-state index is 11.3. The summed E-state index contributed by atoms with van der Waals surface area (Å²) in [6, 6.07) is 5.04. The van der Waals surface area contributed by atoms with Gasteiger partial charge < -0.3 is 10.0 Å². The highest BCUT2D eigenvalue weighted by Crippen LogP contribution is 2.31. The van der Waals surface area contributed by atoms with E-state index in [1.54, 1.807) is 18.2 Å². The summed E-state index contributed by atoms with van der Waals surface area (Å²) in [5, 5.41) is 9.80. The number of carboxylic acid groups (broad SMARTS) is 1. The first-order chi connectivity index (χ1) is 9.04. The molecule has 0 atom stereocenters. The predicted octanol–water partition coefficient (Wildman–Crippen LogP) is 4.30. The summed E-state index contributed by atoms with van der Waals surface area (Å²) in [5.41, 5.74) is 0.923. The van der Waals surface area contributed by atoms with Crippen LogP contribution in [-0.2, 0) is 0 Å². The maximum absolute atomic E-state index is 11.3. The zero-order chi connectivity index (χ0) is 14.4. The number of hydrogen-bond donors (Lipinski definition) is 1. The largest absolute Gasteiger partial charge is 0.478 e. The second-order valence-corrected chi connectivity index (χ2v) is 5.07. The van der Waals surface area contributed by atoms with Crippen LogP contribution in [0.25, 0.3) is 0 Å². The predicted molar refractivity (Wildman–Crippen MR) is 80.4 cm³/mol. The van der Waals surface area contributed by atoms with Crippen molar-refractivity contribution in [3.05, 3.63) is 28.8 Å². The minimum atomic E-state index is -0.930. The van der Waals surface area contributed by atoms with Gasteiger partial charge in [0.15, 0.2) is 0 Å². The summed E-state index contributed by atoms with van der Waals surface area (Å²) in [5.74, 6) is -0.377. The highest BCUT2D eigenvalue weighted by molar-refractivity contribution is 6.34. The Morgan fingerprint density at radius 1 is 1.32 bits per heavy atom. The Morgan fingerprint density at radius 2 is 1.95 bits per heavy atom. The van der Waals surface area contributed by atoms with Crippen LogP contribution in [0.4, 0.5) is 5.69 Å². The summed E-state index contributed by atoms with van der Waals surface area (Å²) < 4.78 is 0. The van der Waals surface area contributed by atoms with Crippen molar-refractivity contribution < 1.29 is 9.90 Å². The Bertz CT molecular complexity index is 430. The molecule has 0 aliphatic heterocycles. The van der Waals surface area contributed by atoms with Crippen molar-refractivity contribution in [1.29, 1.82) is 0 Å². The van der Waals surface area contributed by atoms with Crippen LogP contribution < -0.4 is 4.90 Å². The molecule has 1 N–H and O–H groups in total. The molecule has 0 spiro atoms. The molecule has 0 aromatic heterocycles. The lowest BCUT2D eigenvalue weighted by atomic mass is 10.0. The number of para-hydroxylation sites is 1. The standard InChI is InChI=1S/C15H22ClNO2/c1-4-11(5-2)10-17(6-3)14-12(15(18)19)8-7-9-13(14)16/h7-9,11H,4-6,10H2,1-3H3,(H,18,19). The van der Waals surface area contributed by atoms with Crippen LogP contribution in [0.1, 0.15) is 44.0 Å². The van der Waals surface area contributed by atoms with Crippen molar-refractivity contribution >= 4 is 23.3 Å². The van der Waals surface area contributed by atoms with E-state index in [0.29, 0.717) is 16.6 Å². The molecule has 0 saturated heterocycles. The zero-order valence-electron chi connectivity index (χ0n) is 11.8. The lowest BCUT2D eigenvalue weighted by Crippen LogP contribution is -2.30. The second-order valence-electron chi connectivity index (χ2n) is 4.66. The van der Waals surface area contributed by atoms with E-state index >= 15 is 0 Å². The Morgan fingerprint density at radius 3 is 2.42 bits per heavy atom. The van der Waals surface area contributed by atoms with Gasteiger partial charge in [-0.1, -0.05) is 44.4 Å². The summed E-state index contributed by atoms with van der Waals surface area (Å²) in [6.07, 6.45) is 2.17. The number of rotatable bonds is 7. The molecule has 1 aromatic carbocycles. The van der Waals surface area contributed by atoms with Gasteiger partial charge in [0, 0.05) is 13.1 Å². The van der Waals surface area contributed by atoms with Crippen molar-refractivity contribution in [3.63, 3.8) is 0 Å². The van der Waals surface area contributed by atoms with Crippen molar-refractivity contribution in [3.8, 4) is 0 Å². The smallest absolute Gasteiger partial charge is 0.337 e. The van der Waals surface area contributed by atoms with E-state index in [4.69, 9.17) is 11.6 Å². The van der Waals surface area contributed by atoms with Crippen LogP contribution in [0.2, 0.25) is 5.02 Å². The fourth-order valence-corrected chi connectivity index (χ4v) is 2.54. The third-order valence-corrected chi connectivity index (χ3v) is 3.85. The van der Waals surface area contributed by atoms with Crippen LogP contribution in [0.3, 0.4) is 0 Å². The molecule has 3 nitrogen and oxygen atoms in total. The molecule has 1 rings (SSSR count). The van der Waals surface area contributed by atoms with E-state index in [1.807, 2.05) is 6.92 Å². The maximum Gasteiger partial charge on any atom is 0.337 e. The lowest BCUT2D eigenvalue weighted by Gasteiger charge is -2.29. The van der Waals surface area contributed by atoms with Crippen LogP contribution in [0, 0.1) is 5.92 Å². The van der Waals surface area contributed by atoms with E-state index < -0.39 is 5.97 Å². The molecule has 0 heterocycles. The van der Waals surface area contributed by atoms with Gasteiger partial charge >= 0.3 is 5.97 Å². The number of anilines is 1. The molecule has 0 aliphatic rings. The SMILES string of the molecule is CCC(CC)CN(CC)c1c(Cl)cccc1C(=O)O. The van der Waals surface area contributed by atoms with Gasteiger partial charge in [-0.15, -0.1) is 0 Å². The Kier molecular flexibility index (Phi) is 6.16. The Labute approximate surface area is 120 Å². The molecule has 0 bridgehead atoms. The molecule has 4 heteroatoms. The third kappa shape index (κ3) is 3.87. The highest BCUT2D eigenvalue weighted by atomic mass is 35.5. The van der Waals surface area contributed by atoms with E-state index in [2.05, 4.69) is 18.7 Å². The van der Waals surface area contributed by atoms with Crippen LogP contribution in [0.5, 0.6) is 0 Å². The van der Waals surface area contributed by atoms with Crippen LogP contribution in [0.15, 0.2) is 18.2 Å². The van der Waals surface area contributed by atoms with Crippen molar-refractivity contribution in [2.75, 3.05) is 18.0 Å². The van der Waals surface area contributed by atoms with E-state index in [0.717, 1.165) is 25.9 Å². The van der Waals surface area contributed by atoms with Gasteiger partial charge in [0.1, 0.15) is 0 Å². The van der Waals surface area contributed by atoms with E-state index in [9.17, 15) is 9.90 Å². The lowest BCUT2D eigenvalue weighted by molar-refractivity contribution is 0.0697. The molecule has 0 radical (unpaired) electrons. The molecule has 0 aliphatic carbocycles. The number of benzene rings is 1. The molecular formula is C15H22ClNO2. The van der Waals surface area contributed by atoms with Gasteiger partial charge in [0.05, 0.1) is 16.3 Å². The minimum absolute atomic E-state index is 0.278. The zero-order valence-corrected chi connectivity index (χ0v) is 12.6. The molecule has 1 aromatic rings. The highest BCUT2D eigenvalue weighted by Gasteiger charge is 2.20. The van der Waals surface area contributed by atoms with E-state index in [-0.39, 0.29) is 5.56 Å². The summed E-state index contributed by atoms with van der Waals surface area (Å²) in [4.78, 5) is 13.4. The van der Waals surface area contributed by atoms with Crippen LogP contribution >= 0.6 is 11.6 Å². The number of hydrogen-bond acceptors (Lipinski definition) is 2. The summed E-state index contributed by atoms with van der Waals surface area (Å²) >= 11 is 6.21. The molecule has 0 saturated carbocycles. The second kappa shape index (κ2) is 7.39. The molecule has 19 heavy (non-hydrogen) atoms. The average molecular weight is 284 g/mol. The average Bonchev–Trinajstić information content (AvgIpc) is 2.40. The molecule has 0 fully saturated rings. The molecular weight excluding hydrogens is 262 g/mol. The fraction of sp³-hybridized carbons (Fsp3) is 0.533. The van der Waals surface area contributed by atoms with Gasteiger partial charge in [-0.25, -0.2) is 4.79 Å². The molecule has 0 unspecified atom stereocenters. The topological polar surface area (TPSA) is 40.5 Å². The first-order valence-corrected chi connectivity index (χ1v) is 7.19. The normalized spacial score (nSPS) is 10.8. The van der Waals surface area contributed by atoms with Gasteiger partial charge in [-0.2, -0.15) is 0 Å².